The lowest BCUT2D eigenvalue weighted by Crippen LogP contribution is -2.35. The third kappa shape index (κ3) is 2.63. The van der Waals surface area contributed by atoms with Crippen LogP contribution in [0.4, 0.5) is 13.2 Å². The first-order valence-electron chi connectivity index (χ1n) is 5.55. The van der Waals surface area contributed by atoms with Crippen LogP contribution in [0.3, 0.4) is 0 Å². The second-order valence-corrected chi connectivity index (χ2v) is 4.14. The van der Waals surface area contributed by atoms with Gasteiger partial charge in [-0.3, -0.25) is 14.3 Å². The van der Waals surface area contributed by atoms with Gasteiger partial charge in [0.15, 0.2) is 5.92 Å². The van der Waals surface area contributed by atoms with Crippen LogP contribution < -0.4 is 5.43 Å². The van der Waals surface area contributed by atoms with Crippen molar-refractivity contribution in [3.8, 4) is 0 Å². The summed E-state index contributed by atoms with van der Waals surface area (Å²) in [5.41, 5.74) is -0.272. The van der Waals surface area contributed by atoms with E-state index in [-0.39, 0.29) is 10.9 Å². The third-order valence-electron chi connectivity index (χ3n) is 2.81. The monoisotopic (exact) mass is 286 g/mol. The third-order valence-corrected chi connectivity index (χ3v) is 2.81. The number of carboxylic acids is 1. The molecule has 20 heavy (non-hydrogen) atoms. The lowest BCUT2D eigenvalue weighted by molar-refractivity contribution is -0.196. The number of alkyl halides is 3. The molecule has 0 fully saturated rings. The summed E-state index contributed by atoms with van der Waals surface area (Å²) in [5, 5.41) is 12.4. The summed E-state index contributed by atoms with van der Waals surface area (Å²) < 4.78 is 38.8. The molecular weight excluding hydrogens is 277 g/mol. The molecule has 1 N–H and O–H groups in total. The molecule has 0 aliphatic heterocycles. The Labute approximate surface area is 110 Å². The van der Waals surface area contributed by atoms with Crippen LogP contribution in [0.1, 0.15) is 0 Å². The van der Waals surface area contributed by atoms with Crippen LogP contribution in [-0.2, 0) is 11.3 Å². The quantitative estimate of drug-likeness (QED) is 0.931. The van der Waals surface area contributed by atoms with Gasteiger partial charge in [0.1, 0.15) is 0 Å². The van der Waals surface area contributed by atoms with Gasteiger partial charge in [-0.15, -0.1) is 0 Å². The van der Waals surface area contributed by atoms with Crippen molar-refractivity contribution in [2.75, 3.05) is 0 Å². The highest BCUT2D eigenvalue weighted by Crippen LogP contribution is 2.28. The topological polar surface area (TPSA) is 72.2 Å². The van der Waals surface area contributed by atoms with Crippen LogP contribution in [0, 0.1) is 5.92 Å². The van der Waals surface area contributed by atoms with E-state index in [1.807, 2.05) is 0 Å². The zero-order valence-corrected chi connectivity index (χ0v) is 9.96. The van der Waals surface area contributed by atoms with E-state index in [0.29, 0.717) is 0 Å². The van der Waals surface area contributed by atoms with Gasteiger partial charge >= 0.3 is 12.1 Å². The van der Waals surface area contributed by atoms with Crippen LogP contribution in [0.15, 0.2) is 35.3 Å². The second-order valence-electron chi connectivity index (χ2n) is 4.14. The maximum Gasteiger partial charge on any atom is 0.404 e. The summed E-state index contributed by atoms with van der Waals surface area (Å²) in [7, 11) is 0. The summed E-state index contributed by atoms with van der Waals surface area (Å²) in [6.07, 6.45) is -4.02. The molecule has 0 spiro atoms. The van der Waals surface area contributed by atoms with Crippen molar-refractivity contribution in [2.24, 2.45) is 5.92 Å². The summed E-state index contributed by atoms with van der Waals surface area (Å²) in [6, 6.07) is 5.95. The van der Waals surface area contributed by atoms with Crippen LogP contribution in [0.2, 0.25) is 0 Å². The average molecular weight is 286 g/mol. The molecule has 0 radical (unpaired) electrons. The molecule has 0 aliphatic rings. The number of para-hydroxylation sites is 1. The van der Waals surface area contributed by atoms with Crippen LogP contribution in [0.25, 0.3) is 10.9 Å². The minimum absolute atomic E-state index is 0.163. The Hall–Kier alpha value is -2.38. The fourth-order valence-electron chi connectivity index (χ4n) is 1.80. The number of nitrogens with zero attached hydrogens (tertiary/aromatic N) is 2. The van der Waals surface area contributed by atoms with E-state index < -0.39 is 30.0 Å². The van der Waals surface area contributed by atoms with Crippen molar-refractivity contribution in [1.82, 2.24) is 9.78 Å². The number of hydrogen-bond donors (Lipinski definition) is 1. The largest absolute Gasteiger partial charge is 0.481 e. The van der Waals surface area contributed by atoms with E-state index >= 15 is 0 Å². The Bertz CT molecular complexity index is 709. The number of hydrogen-bond acceptors (Lipinski definition) is 3. The number of benzene rings is 1. The number of halogens is 3. The summed E-state index contributed by atoms with van der Waals surface area (Å²) in [4.78, 5) is 22.3. The molecule has 0 saturated heterocycles. The number of fused-ring (bicyclic) bond motifs is 1. The minimum atomic E-state index is -4.89. The zero-order valence-electron chi connectivity index (χ0n) is 9.96. The number of aliphatic carboxylic acids is 1. The van der Waals surface area contributed by atoms with Gasteiger partial charge in [0.25, 0.3) is 0 Å². The predicted octanol–water partition coefficient (Wildman–Crippen LogP) is 1.66. The minimum Gasteiger partial charge on any atom is -0.481 e. The molecule has 2 aromatic rings. The molecule has 0 bridgehead atoms. The first kappa shape index (κ1) is 14.0. The molecule has 0 aliphatic carbocycles. The lowest BCUT2D eigenvalue weighted by atomic mass is 10.1. The molecule has 8 heteroatoms. The van der Waals surface area contributed by atoms with Gasteiger partial charge in [-0.1, -0.05) is 12.1 Å². The number of carbonyl (C=O) groups is 1. The van der Waals surface area contributed by atoms with Crippen LogP contribution >= 0.6 is 0 Å². The fraction of sp³-hybridized carbons (Fsp3) is 0.250. The summed E-state index contributed by atoms with van der Waals surface area (Å²) in [5.74, 6) is -4.57. The Kier molecular flexibility index (Phi) is 3.47. The summed E-state index contributed by atoms with van der Waals surface area (Å²) in [6.45, 7) is -0.889. The van der Waals surface area contributed by atoms with Gasteiger partial charge in [-0.25, -0.2) is 0 Å². The van der Waals surface area contributed by atoms with Crippen molar-refractivity contribution >= 4 is 16.9 Å². The number of carboxylic acid groups (broad SMARTS) is 1. The van der Waals surface area contributed by atoms with Crippen molar-refractivity contribution in [3.05, 3.63) is 40.7 Å². The molecule has 0 amide bonds. The Morgan fingerprint density at radius 1 is 1.35 bits per heavy atom. The van der Waals surface area contributed by atoms with Gasteiger partial charge in [0, 0.05) is 5.39 Å². The van der Waals surface area contributed by atoms with Crippen LogP contribution in [0.5, 0.6) is 0 Å². The van der Waals surface area contributed by atoms with Crippen molar-refractivity contribution in [1.29, 1.82) is 0 Å². The summed E-state index contributed by atoms with van der Waals surface area (Å²) >= 11 is 0. The van der Waals surface area contributed by atoms with Gasteiger partial charge in [-0.2, -0.15) is 18.3 Å². The second kappa shape index (κ2) is 4.95. The Balaban J connectivity index is 2.51. The van der Waals surface area contributed by atoms with E-state index in [1.54, 1.807) is 6.07 Å². The number of rotatable bonds is 3. The molecule has 2 rings (SSSR count). The molecule has 1 atom stereocenters. The van der Waals surface area contributed by atoms with E-state index in [1.165, 1.54) is 18.2 Å². The van der Waals surface area contributed by atoms with Gasteiger partial charge in [0.2, 0.25) is 5.43 Å². The molecule has 1 unspecified atom stereocenters. The molecule has 106 valence electrons. The first-order valence-corrected chi connectivity index (χ1v) is 5.55. The standard InChI is InChI=1S/C12H9F3N2O3/c13-12(14,15)8(11(19)20)6-17-9-4-2-1-3-7(9)10(18)5-16-17/h1-5,8H,6H2,(H,19,20). The first-order chi connectivity index (χ1) is 9.30. The van der Waals surface area contributed by atoms with Crippen molar-refractivity contribution in [3.63, 3.8) is 0 Å². The van der Waals surface area contributed by atoms with Crippen molar-refractivity contribution in [2.45, 2.75) is 12.7 Å². The maximum absolute atomic E-state index is 12.7. The van der Waals surface area contributed by atoms with Gasteiger partial charge in [0.05, 0.1) is 18.3 Å². The maximum atomic E-state index is 12.7. The highest BCUT2D eigenvalue weighted by molar-refractivity contribution is 5.78. The molecule has 5 nitrogen and oxygen atoms in total. The normalized spacial score (nSPS) is 13.3. The molecular formula is C12H9F3N2O3. The highest BCUT2D eigenvalue weighted by Gasteiger charge is 2.45. The van der Waals surface area contributed by atoms with E-state index in [2.05, 4.69) is 5.10 Å². The highest BCUT2D eigenvalue weighted by atomic mass is 19.4. The molecule has 1 aromatic carbocycles. The fourth-order valence-corrected chi connectivity index (χ4v) is 1.80. The van der Waals surface area contributed by atoms with E-state index in [4.69, 9.17) is 5.11 Å². The molecule has 0 saturated carbocycles. The number of aromatic nitrogens is 2. The molecule has 1 heterocycles. The zero-order chi connectivity index (χ0) is 14.9. The Morgan fingerprint density at radius 2 is 2.00 bits per heavy atom. The van der Waals surface area contributed by atoms with Gasteiger partial charge in [-0.05, 0) is 12.1 Å². The SMILES string of the molecule is O=C(O)C(Cn1ncc(=O)c2ccccc21)C(F)(F)F. The predicted molar refractivity (Wildman–Crippen MR) is 63.2 cm³/mol. The van der Waals surface area contributed by atoms with Gasteiger partial charge < -0.3 is 5.11 Å². The van der Waals surface area contributed by atoms with E-state index in [9.17, 15) is 22.8 Å². The average Bonchev–Trinajstić information content (AvgIpc) is 2.36. The Morgan fingerprint density at radius 3 is 2.60 bits per heavy atom. The van der Waals surface area contributed by atoms with Crippen molar-refractivity contribution < 1.29 is 23.1 Å². The smallest absolute Gasteiger partial charge is 0.404 e. The van der Waals surface area contributed by atoms with E-state index in [0.717, 1.165) is 10.9 Å². The van der Waals surface area contributed by atoms with Crippen LogP contribution in [-0.4, -0.2) is 27.0 Å². The lowest BCUT2D eigenvalue weighted by Gasteiger charge is -2.18. The molecule has 1 aromatic heterocycles.